The zero-order valence-electron chi connectivity index (χ0n) is 12.6. The molecule has 2 unspecified atom stereocenters. The number of ether oxygens (including phenoxy) is 2. The molecular weight excluding hydrogens is 238 g/mol. The van der Waals surface area contributed by atoms with Crippen LogP contribution in [-0.2, 0) is 4.74 Å². The molecule has 0 aliphatic carbocycles. The molecule has 0 aromatic heterocycles. The van der Waals surface area contributed by atoms with Crippen LogP contribution >= 0.6 is 0 Å². The van der Waals surface area contributed by atoms with E-state index in [0.29, 0.717) is 19.3 Å². The zero-order valence-corrected chi connectivity index (χ0v) is 12.6. The molecule has 19 heavy (non-hydrogen) atoms. The summed E-state index contributed by atoms with van der Waals surface area (Å²) >= 11 is 0. The van der Waals surface area contributed by atoms with Crippen molar-refractivity contribution in [1.82, 2.24) is 5.32 Å². The average Bonchev–Trinajstić information content (AvgIpc) is 2.44. The summed E-state index contributed by atoms with van der Waals surface area (Å²) in [5, 5.41) is 3.47. The van der Waals surface area contributed by atoms with Gasteiger partial charge in [-0.2, -0.15) is 0 Å². The fraction of sp³-hybridized carbons (Fsp3) is 0.625. The number of benzene rings is 1. The Morgan fingerprint density at radius 1 is 1.16 bits per heavy atom. The van der Waals surface area contributed by atoms with Crippen molar-refractivity contribution < 1.29 is 9.47 Å². The maximum Gasteiger partial charge on any atom is 0.124 e. The molecule has 0 heterocycles. The van der Waals surface area contributed by atoms with Gasteiger partial charge in [0.05, 0.1) is 25.4 Å². The minimum Gasteiger partial charge on any atom is -0.494 e. The standard InChI is InChI=1S/C16H27NO2/c1-5-13(4)19-12-15(17-6-2)14-10-8-9-11-16(14)18-7-3/h8-11,13,15,17H,5-7,12H2,1-4H3. The Labute approximate surface area is 117 Å². The SMILES string of the molecule is CCNC(COC(C)CC)c1ccccc1OCC. The molecule has 0 amide bonds. The van der Waals surface area contributed by atoms with Crippen LogP contribution in [0.1, 0.15) is 45.7 Å². The quantitative estimate of drug-likeness (QED) is 0.740. The Balaban J connectivity index is 2.79. The van der Waals surface area contributed by atoms with Gasteiger partial charge in [-0.1, -0.05) is 32.0 Å². The molecule has 3 heteroatoms. The van der Waals surface area contributed by atoms with Crippen LogP contribution in [0.4, 0.5) is 0 Å². The molecule has 0 radical (unpaired) electrons. The van der Waals surface area contributed by atoms with Crippen LogP contribution in [0.15, 0.2) is 24.3 Å². The van der Waals surface area contributed by atoms with Crippen molar-refractivity contribution in [3.8, 4) is 5.75 Å². The van der Waals surface area contributed by atoms with E-state index in [9.17, 15) is 0 Å². The lowest BCUT2D eigenvalue weighted by molar-refractivity contribution is 0.0471. The van der Waals surface area contributed by atoms with Crippen LogP contribution in [0.2, 0.25) is 0 Å². The normalized spacial score (nSPS) is 14.1. The highest BCUT2D eigenvalue weighted by molar-refractivity contribution is 5.36. The predicted octanol–water partition coefficient (Wildman–Crippen LogP) is 3.55. The van der Waals surface area contributed by atoms with Crippen LogP contribution in [0.25, 0.3) is 0 Å². The zero-order chi connectivity index (χ0) is 14.1. The van der Waals surface area contributed by atoms with E-state index < -0.39 is 0 Å². The van der Waals surface area contributed by atoms with E-state index in [1.807, 2.05) is 25.1 Å². The van der Waals surface area contributed by atoms with Gasteiger partial charge in [0.15, 0.2) is 0 Å². The van der Waals surface area contributed by atoms with E-state index in [0.717, 1.165) is 18.7 Å². The summed E-state index contributed by atoms with van der Waals surface area (Å²) in [4.78, 5) is 0. The maximum atomic E-state index is 5.88. The minimum atomic E-state index is 0.182. The lowest BCUT2D eigenvalue weighted by Crippen LogP contribution is -2.27. The lowest BCUT2D eigenvalue weighted by atomic mass is 10.1. The number of para-hydroxylation sites is 1. The summed E-state index contributed by atoms with van der Waals surface area (Å²) in [6.45, 7) is 10.6. The maximum absolute atomic E-state index is 5.88. The third-order valence-electron chi connectivity index (χ3n) is 3.17. The van der Waals surface area contributed by atoms with Gasteiger partial charge in [-0.3, -0.25) is 0 Å². The molecule has 2 atom stereocenters. The van der Waals surface area contributed by atoms with E-state index in [-0.39, 0.29) is 6.04 Å². The number of rotatable bonds is 9. The molecular formula is C16H27NO2. The van der Waals surface area contributed by atoms with Crippen molar-refractivity contribution in [2.24, 2.45) is 0 Å². The van der Waals surface area contributed by atoms with E-state index in [1.165, 1.54) is 5.56 Å². The van der Waals surface area contributed by atoms with Crippen LogP contribution in [0, 0.1) is 0 Å². The monoisotopic (exact) mass is 265 g/mol. The van der Waals surface area contributed by atoms with Gasteiger partial charge < -0.3 is 14.8 Å². The predicted molar refractivity (Wildman–Crippen MR) is 79.7 cm³/mol. The third kappa shape index (κ3) is 5.21. The Morgan fingerprint density at radius 3 is 2.53 bits per heavy atom. The molecule has 1 aromatic rings. The number of likely N-dealkylation sites (N-methyl/N-ethyl adjacent to an activating group) is 1. The first-order valence-electron chi connectivity index (χ1n) is 7.29. The van der Waals surface area contributed by atoms with Crippen LogP contribution < -0.4 is 10.1 Å². The molecule has 3 nitrogen and oxygen atoms in total. The van der Waals surface area contributed by atoms with Crippen LogP contribution in [0.3, 0.4) is 0 Å². The summed E-state index contributed by atoms with van der Waals surface area (Å²) in [6, 6.07) is 8.37. The Morgan fingerprint density at radius 2 is 1.89 bits per heavy atom. The third-order valence-corrected chi connectivity index (χ3v) is 3.17. The van der Waals surface area contributed by atoms with Crippen molar-refractivity contribution >= 4 is 0 Å². The number of nitrogens with one attached hydrogen (secondary N) is 1. The second kappa shape index (κ2) is 8.94. The lowest BCUT2D eigenvalue weighted by Gasteiger charge is -2.23. The largest absolute Gasteiger partial charge is 0.494 e. The highest BCUT2D eigenvalue weighted by Crippen LogP contribution is 2.25. The first-order chi connectivity index (χ1) is 9.22. The van der Waals surface area contributed by atoms with Crippen LogP contribution in [0.5, 0.6) is 5.75 Å². The smallest absolute Gasteiger partial charge is 0.124 e. The van der Waals surface area contributed by atoms with Gasteiger partial charge in [0.25, 0.3) is 0 Å². The van der Waals surface area contributed by atoms with Gasteiger partial charge in [0.2, 0.25) is 0 Å². The average molecular weight is 265 g/mol. The summed E-state index contributed by atoms with van der Waals surface area (Å²) in [5.41, 5.74) is 1.18. The van der Waals surface area contributed by atoms with E-state index in [2.05, 4.69) is 32.2 Å². The summed E-state index contributed by atoms with van der Waals surface area (Å²) in [7, 11) is 0. The molecule has 0 spiro atoms. The van der Waals surface area contributed by atoms with Gasteiger partial charge in [-0.25, -0.2) is 0 Å². The topological polar surface area (TPSA) is 30.5 Å². The minimum absolute atomic E-state index is 0.182. The molecule has 108 valence electrons. The number of hydrogen-bond acceptors (Lipinski definition) is 3. The molecule has 0 fully saturated rings. The molecule has 0 aliphatic rings. The van der Waals surface area contributed by atoms with E-state index >= 15 is 0 Å². The molecule has 0 bridgehead atoms. The molecule has 0 saturated heterocycles. The van der Waals surface area contributed by atoms with Crippen molar-refractivity contribution in [2.75, 3.05) is 19.8 Å². The van der Waals surface area contributed by atoms with E-state index in [4.69, 9.17) is 9.47 Å². The van der Waals surface area contributed by atoms with Gasteiger partial charge in [0.1, 0.15) is 5.75 Å². The van der Waals surface area contributed by atoms with Crippen LogP contribution in [-0.4, -0.2) is 25.9 Å². The van der Waals surface area contributed by atoms with Gasteiger partial charge in [-0.15, -0.1) is 0 Å². The molecule has 1 rings (SSSR count). The van der Waals surface area contributed by atoms with Gasteiger partial charge in [0, 0.05) is 5.56 Å². The second-order valence-electron chi connectivity index (χ2n) is 4.63. The first-order valence-corrected chi connectivity index (χ1v) is 7.29. The molecule has 0 saturated carbocycles. The molecule has 1 N–H and O–H groups in total. The summed E-state index contributed by atoms with van der Waals surface area (Å²) in [6.07, 6.45) is 1.33. The van der Waals surface area contributed by atoms with E-state index in [1.54, 1.807) is 0 Å². The molecule has 1 aromatic carbocycles. The van der Waals surface area contributed by atoms with Crippen molar-refractivity contribution in [1.29, 1.82) is 0 Å². The highest BCUT2D eigenvalue weighted by Gasteiger charge is 2.16. The van der Waals surface area contributed by atoms with Gasteiger partial charge >= 0.3 is 0 Å². The summed E-state index contributed by atoms with van der Waals surface area (Å²) in [5.74, 6) is 0.948. The highest BCUT2D eigenvalue weighted by atomic mass is 16.5. The first kappa shape index (κ1) is 16.0. The molecule has 0 aliphatic heterocycles. The Bertz CT molecular complexity index is 354. The second-order valence-corrected chi connectivity index (χ2v) is 4.63. The Hall–Kier alpha value is -1.06. The number of hydrogen-bond donors (Lipinski definition) is 1. The Kier molecular flexibility index (Phi) is 7.53. The van der Waals surface area contributed by atoms with Crippen molar-refractivity contribution in [2.45, 2.75) is 46.3 Å². The van der Waals surface area contributed by atoms with Gasteiger partial charge in [-0.05, 0) is 32.9 Å². The fourth-order valence-electron chi connectivity index (χ4n) is 1.94. The summed E-state index contributed by atoms with van der Waals surface area (Å²) < 4.78 is 11.6. The fourth-order valence-corrected chi connectivity index (χ4v) is 1.94. The van der Waals surface area contributed by atoms with Crippen molar-refractivity contribution in [3.05, 3.63) is 29.8 Å². The van der Waals surface area contributed by atoms with Crippen molar-refractivity contribution in [3.63, 3.8) is 0 Å².